The molecule has 174 valence electrons. The zero-order valence-electron chi connectivity index (χ0n) is 19.5. The van der Waals surface area contributed by atoms with Crippen LogP contribution in [-0.4, -0.2) is 17.7 Å². The van der Waals surface area contributed by atoms with Gasteiger partial charge in [0.25, 0.3) is 17.7 Å². The van der Waals surface area contributed by atoms with Crippen molar-refractivity contribution in [2.24, 2.45) is 0 Å². The number of rotatable bonds is 6. The van der Waals surface area contributed by atoms with Crippen molar-refractivity contribution in [2.45, 2.75) is 13.8 Å². The number of hydrogen-bond acceptors (Lipinski definition) is 3. The molecule has 4 aromatic carbocycles. The number of nitrogens with one attached hydrogen (secondary N) is 3. The van der Waals surface area contributed by atoms with Crippen molar-refractivity contribution in [3.8, 4) is 0 Å². The molecule has 0 heterocycles. The molecule has 4 rings (SSSR count). The van der Waals surface area contributed by atoms with Gasteiger partial charge in [0.2, 0.25) is 0 Å². The first-order valence-corrected chi connectivity index (χ1v) is 11.2. The van der Waals surface area contributed by atoms with E-state index in [-0.39, 0.29) is 17.7 Å². The zero-order chi connectivity index (χ0) is 24.8. The quantitative estimate of drug-likeness (QED) is 0.325. The maximum Gasteiger partial charge on any atom is 0.255 e. The fourth-order valence-corrected chi connectivity index (χ4v) is 3.51. The molecule has 3 amide bonds. The van der Waals surface area contributed by atoms with Crippen LogP contribution in [0.3, 0.4) is 0 Å². The van der Waals surface area contributed by atoms with E-state index in [2.05, 4.69) is 16.0 Å². The molecule has 3 N–H and O–H groups in total. The molecule has 0 bridgehead atoms. The van der Waals surface area contributed by atoms with Gasteiger partial charge in [0.15, 0.2) is 0 Å². The predicted molar refractivity (Wildman–Crippen MR) is 139 cm³/mol. The van der Waals surface area contributed by atoms with E-state index >= 15 is 0 Å². The van der Waals surface area contributed by atoms with Crippen molar-refractivity contribution >= 4 is 34.8 Å². The molecular weight excluding hydrogens is 438 g/mol. The Balaban J connectivity index is 1.35. The van der Waals surface area contributed by atoms with Crippen molar-refractivity contribution < 1.29 is 14.4 Å². The van der Waals surface area contributed by atoms with E-state index in [9.17, 15) is 14.4 Å². The van der Waals surface area contributed by atoms with E-state index in [1.165, 1.54) is 0 Å². The summed E-state index contributed by atoms with van der Waals surface area (Å²) in [5.74, 6) is -0.725. The number of anilines is 3. The highest BCUT2D eigenvalue weighted by molar-refractivity contribution is 6.07. The van der Waals surface area contributed by atoms with Gasteiger partial charge in [-0.25, -0.2) is 0 Å². The second-order valence-corrected chi connectivity index (χ2v) is 8.20. The lowest BCUT2D eigenvalue weighted by molar-refractivity contribution is 0.101. The largest absolute Gasteiger partial charge is 0.322 e. The van der Waals surface area contributed by atoms with Gasteiger partial charge in [0.1, 0.15) is 0 Å². The average Bonchev–Trinajstić information content (AvgIpc) is 2.86. The van der Waals surface area contributed by atoms with Gasteiger partial charge in [-0.3, -0.25) is 14.4 Å². The molecule has 0 aliphatic rings. The molecule has 0 unspecified atom stereocenters. The molecule has 0 spiro atoms. The Bertz CT molecular complexity index is 1380. The molecule has 0 atom stereocenters. The Hall–Kier alpha value is -4.71. The van der Waals surface area contributed by atoms with Crippen LogP contribution in [0, 0.1) is 13.8 Å². The number of para-hydroxylation sites is 1. The van der Waals surface area contributed by atoms with Crippen LogP contribution in [0.2, 0.25) is 0 Å². The van der Waals surface area contributed by atoms with Crippen LogP contribution < -0.4 is 16.0 Å². The lowest BCUT2D eigenvalue weighted by atomic mass is 10.1. The Morgan fingerprint density at radius 3 is 1.57 bits per heavy atom. The molecule has 0 aliphatic carbocycles. The number of carbonyl (C=O) groups excluding carboxylic acids is 3. The van der Waals surface area contributed by atoms with Gasteiger partial charge < -0.3 is 16.0 Å². The summed E-state index contributed by atoms with van der Waals surface area (Å²) in [6.45, 7) is 3.86. The Labute approximate surface area is 204 Å². The maximum absolute atomic E-state index is 12.6. The van der Waals surface area contributed by atoms with Gasteiger partial charge >= 0.3 is 0 Å². The molecule has 0 aromatic heterocycles. The summed E-state index contributed by atoms with van der Waals surface area (Å²) in [5.41, 5.74) is 5.41. The summed E-state index contributed by atoms with van der Waals surface area (Å²) in [4.78, 5) is 37.5. The number of amides is 3. The SMILES string of the molecule is Cc1cccc(C(=O)Nc2ccc(C(=O)Nc3ccc(C(=O)Nc4ccccc4C)cc3)cc2)c1. The molecule has 0 radical (unpaired) electrons. The highest BCUT2D eigenvalue weighted by Crippen LogP contribution is 2.17. The Morgan fingerprint density at radius 2 is 1.03 bits per heavy atom. The second-order valence-electron chi connectivity index (χ2n) is 8.20. The molecule has 35 heavy (non-hydrogen) atoms. The van der Waals surface area contributed by atoms with Crippen LogP contribution >= 0.6 is 0 Å². The van der Waals surface area contributed by atoms with Crippen molar-refractivity contribution in [1.29, 1.82) is 0 Å². The summed E-state index contributed by atoms with van der Waals surface area (Å²) < 4.78 is 0. The molecule has 6 heteroatoms. The second kappa shape index (κ2) is 10.5. The fraction of sp³-hybridized carbons (Fsp3) is 0.0690. The van der Waals surface area contributed by atoms with Crippen LogP contribution in [-0.2, 0) is 0 Å². The summed E-state index contributed by atoms with van der Waals surface area (Å²) >= 11 is 0. The van der Waals surface area contributed by atoms with Crippen LogP contribution in [0.5, 0.6) is 0 Å². The van der Waals surface area contributed by atoms with E-state index in [0.717, 1.165) is 16.8 Å². The van der Waals surface area contributed by atoms with Crippen LogP contribution in [0.1, 0.15) is 42.2 Å². The monoisotopic (exact) mass is 463 g/mol. The van der Waals surface area contributed by atoms with Gasteiger partial charge in [-0.2, -0.15) is 0 Å². The average molecular weight is 464 g/mol. The normalized spacial score (nSPS) is 10.3. The van der Waals surface area contributed by atoms with Crippen LogP contribution in [0.25, 0.3) is 0 Å². The van der Waals surface area contributed by atoms with Crippen molar-refractivity contribution in [3.63, 3.8) is 0 Å². The fourth-order valence-electron chi connectivity index (χ4n) is 3.51. The van der Waals surface area contributed by atoms with E-state index < -0.39 is 0 Å². The molecule has 0 fully saturated rings. The molecular formula is C29H25N3O3. The summed E-state index contributed by atoms with van der Waals surface area (Å²) in [5, 5.41) is 8.54. The standard InChI is InChI=1S/C29H25N3O3/c1-19-6-5-8-23(18-19)29(35)31-25-14-10-21(11-15-25)27(33)30-24-16-12-22(13-17-24)28(34)32-26-9-4-3-7-20(26)2/h3-18H,1-2H3,(H,30,33)(H,31,35)(H,32,34). The molecule has 6 nitrogen and oxygen atoms in total. The zero-order valence-corrected chi connectivity index (χ0v) is 19.5. The molecule has 0 saturated heterocycles. The first-order chi connectivity index (χ1) is 16.9. The minimum absolute atomic E-state index is 0.211. The molecule has 0 saturated carbocycles. The first-order valence-electron chi connectivity index (χ1n) is 11.2. The van der Waals surface area contributed by atoms with E-state index in [1.807, 2.05) is 56.3 Å². The minimum Gasteiger partial charge on any atom is -0.322 e. The van der Waals surface area contributed by atoms with Crippen LogP contribution in [0.4, 0.5) is 17.1 Å². The topological polar surface area (TPSA) is 87.3 Å². The molecule has 4 aromatic rings. The third-order valence-corrected chi connectivity index (χ3v) is 5.48. The summed E-state index contributed by atoms with van der Waals surface area (Å²) in [6.07, 6.45) is 0. The van der Waals surface area contributed by atoms with E-state index in [1.54, 1.807) is 54.6 Å². The highest BCUT2D eigenvalue weighted by atomic mass is 16.2. The Morgan fingerprint density at radius 1 is 0.514 bits per heavy atom. The van der Waals surface area contributed by atoms with Crippen molar-refractivity contribution in [3.05, 3.63) is 125 Å². The lowest BCUT2D eigenvalue weighted by Gasteiger charge is -2.10. The summed E-state index contributed by atoms with van der Waals surface area (Å²) in [7, 11) is 0. The van der Waals surface area contributed by atoms with Gasteiger partial charge in [-0.15, -0.1) is 0 Å². The predicted octanol–water partition coefficient (Wildman–Crippen LogP) is 6.06. The number of carbonyl (C=O) groups is 3. The van der Waals surface area contributed by atoms with Gasteiger partial charge in [0.05, 0.1) is 0 Å². The smallest absolute Gasteiger partial charge is 0.255 e. The summed E-state index contributed by atoms with van der Waals surface area (Å²) in [6, 6.07) is 28.2. The first kappa shape index (κ1) is 23.4. The highest BCUT2D eigenvalue weighted by Gasteiger charge is 2.11. The Kier molecular flexibility index (Phi) is 7.02. The van der Waals surface area contributed by atoms with Gasteiger partial charge in [0, 0.05) is 33.8 Å². The van der Waals surface area contributed by atoms with E-state index in [4.69, 9.17) is 0 Å². The lowest BCUT2D eigenvalue weighted by Crippen LogP contribution is -2.14. The molecule has 0 aliphatic heterocycles. The van der Waals surface area contributed by atoms with E-state index in [0.29, 0.717) is 28.1 Å². The maximum atomic E-state index is 12.6. The van der Waals surface area contributed by atoms with Gasteiger partial charge in [-0.05, 0) is 86.1 Å². The minimum atomic E-state index is -0.293. The number of hydrogen-bond donors (Lipinski definition) is 3. The van der Waals surface area contributed by atoms with Crippen molar-refractivity contribution in [2.75, 3.05) is 16.0 Å². The van der Waals surface area contributed by atoms with Crippen LogP contribution in [0.15, 0.2) is 97.1 Å². The third kappa shape index (κ3) is 6.00. The van der Waals surface area contributed by atoms with Gasteiger partial charge in [-0.1, -0.05) is 35.9 Å². The third-order valence-electron chi connectivity index (χ3n) is 5.48. The number of aryl methyl sites for hydroxylation is 2. The van der Waals surface area contributed by atoms with Crippen molar-refractivity contribution in [1.82, 2.24) is 0 Å². The number of benzene rings is 4.